The van der Waals surface area contributed by atoms with Crippen LogP contribution >= 0.6 is 0 Å². The lowest BCUT2D eigenvalue weighted by Gasteiger charge is -2.59. The van der Waals surface area contributed by atoms with Crippen LogP contribution in [0, 0.1) is 29.6 Å². The van der Waals surface area contributed by atoms with Crippen LogP contribution in [-0.2, 0) is 11.8 Å². The first-order valence-electron chi connectivity index (χ1n) is 10.5. The molecule has 25 heavy (non-hydrogen) atoms. The maximum absolute atomic E-state index is 11.8. The molecule has 5 unspecified atom stereocenters. The third-order valence-electron chi connectivity index (χ3n) is 8.52. The summed E-state index contributed by atoms with van der Waals surface area (Å²) in [7, 11) is 0. The third kappa shape index (κ3) is 2.32. The number of hydrogen-bond donors (Lipinski definition) is 1. The van der Waals surface area contributed by atoms with Crippen molar-refractivity contribution in [2.24, 2.45) is 35.3 Å². The zero-order valence-electron chi connectivity index (χ0n) is 15.5. The van der Waals surface area contributed by atoms with Gasteiger partial charge in [-0.2, -0.15) is 0 Å². The predicted octanol–water partition coefficient (Wildman–Crippen LogP) is 4.84. The van der Waals surface area contributed by atoms with Crippen molar-refractivity contribution in [3.8, 4) is 0 Å². The summed E-state index contributed by atoms with van der Waals surface area (Å²) in [5, 5.41) is 0. The van der Waals surface area contributed by atoms with Gasteiger partial charge in [-0.25, -0.2) is 0 Å². The first-order chi connectivity index (χ1) is 12.1. The Hall–Kier alpha value is -1.31. The second-order valence-corrected chi connectivity index (χ2v) is 9.51. The summed E-state index contributed by atoms with van der Waals surface area (Å²) < 4.78 is 0. The van der Waals surface area contributed by atoms with Gasteiger partial charge in [-0.15, -0.1) is 0 Å². The molecule has 2 nitrogen and oxygen atoms in total. The van der Waals surface area contributed by atoms with E-state index < -0.39 is 0 Å². The Bertz CT molecular complexity index is 706. The number of carbonyl (C=O) groups is 1. The molecule has 0 aromatic heterocycles. The van der Waals surface area contributed by atoms with Gasteiger partial charge in [0.15, 0.2) is 0 Å². The minimum absolute atomic E-state index is 0.273. The van der Waals surface area contributed by atoms with Gasteiger partial charge in [-0.1, -0.05) is 25.8 Å². The average Bonchev–Trinajstić information content (AvgIpc) is 3.46. The molecule has 4 aliphatic carbocycles. The molecule has 0 aliphatic heterocycles. The average molecular weight is 338 g/mol. The lowest BCUT2D eigenvalue weighted by Crippen LogP contribution is -2.53. The fourth-order valence-corrected chi connectivity index (χ4v) is 7.15. The first kappa shape index (κ1) is 15.9. The van der Waals surface area contributed by atoms with Crippen molar-refractivity contribution in [1.29, 1.82) is 0 Å². The van der Waals surface area contributed by atoms with E-state index in [2.05, 4.69) is 19.1 Å². The molecular formula is C23H31NO. The van der Waals surface area contributed by atoms with Crippen LogP contribution in [-0.4, -0.2) is 5.91 Å². The van der Waals surface area contributed by atoms with E-state index in [9.17, 15) is 4.79 Å². The largest absolute Gasteiger partial charge is 0.366 e. The monoisotopic (exact) mass is 337 g/mol. The van der Waals surface area contributed by atoms with Crippen LogP contribution in [0.3, 0.4) is 0 Å². The third-order valence-corrected chi connectivity index (χ3v) is 8.52. The van der Waals surface area contributed by atoms with E-state index in [1.807, 2.05) is 6.07 Å². The Labute approximate surface area is 151 Å². The molecule has 1 aromatic rings. The maximum atomic E-state index is 11.8. The number of amides is 1. The highest BCUT2D eigenvalue weighted by atomic mass is 16.1. The van der Waals surface area contributed by atoms with Crippen LogP contribution in [0.2, 0.25) is 0 Å². The summed E-state index contributed by atoms with van der Waals surface area (Å²) in [4.78, 5) is 11.8. The van der Waals surface area contributed by atoms with Gasteiger partial charge in [-0.3, -0.25) is 4.79 Å². The highest BCUT2D eigenvalue weighted by Crippen LogP contribution is 2.62. The maximum Gasteiger partial charge on any atom is 0.248 e. The first-order valence-corrected chi connectivity index (χ1v) is 10.5. The minimum atomic E-state index is -0.273. The number of carbonyl (C=O) groups excluding carboxylic acids is 1. The summed E-state index contributed by atoms with van der Waals surface area (Å²) in [5.41, 5.74) is 9.70. The van der Waals surface area contributed by atoms with Crippen molar-refractivity contribution in [1.82, 2.24) is 0 Å². The smallest absolute Gasteiger partial charge is 0.248 e. The molecule has 0 spiro atoms. The molecule has 0 radical (unpaired) electrons. The molecule has 3 saturated carbocycles. The van der Waals surface area contributed by atoms with Gasteiger partial charge in [-0.05, 0) is 103 Å². The molecule has 4 aliphatic rings. The van der Waals surface area contributed by atoms with E-state index in [0.29, 0.717) is 11.0 Å². The Morgan fingerprint density at radius 3 is 2.76 bits per heavy atom. The van der Waals surface area contributed by atoms with Gasteiger partial charge in [0.2, 0.25) is 5.91 Å². The van der Waals surface area contributed by atoms with E-state index in [4.69, 9.17) is 5.73 Å². The summed E-state index contributed by atoms with van der Waals surface area (Å²) >= 11 is 0. The van der Waals surface area contributed by atoms with E-state index in [-0.39, 0.29) is 5.91 Å². The molecule has 2 heteroatoms. The summed E-state index contributed by atoms with van der Waals surface area (Å²) in [6.45, 7) is 2.55. The highest BCUT2D eigenvalue weighted by molar-refractivity contribution is 5.93. The summed E-state index contributed by atoms with van der Waals surface area (Å²) in [5.74, 6) is 4.29. The second kappa shape index (κ2) is 5.59. The lowest BCUT2D eigenvalue weighted by atomic mass is 9.45. The van der Waals surface area contributed by atoms with Gasteiger partial charge in [0.1, 0.15) is 0 Å². The predicted molar refractivity (Wildman–Crippen MR) is 100 cm³/mol. The van der Waals surface area contributed by atoms with Crippen molar-refractivity contribution in [3.63, 3.8) is 0 Å². The molecule has 5 atom stereocenters. The number of hydrogen-bond acceptors (Lipinski definition) is 1. The highest BCUT2D eigenvalue weighted by Gasteiger charge is 2.55. The van der Waals surface area contributed by atoms with Crippen LogP contribution < -0.4 is 5.73 Å². The second-order valence-electron chi connectivity index (χ2n) is 9.51. The van der Waals surface area contributed by atoms with Crippen molar-refractivity contribution in [3.05, 3.63) is 34.9 Å². The topological polar surface area (TPSA) is 43.1 Å². The van der Waals surface area contributed by atoms with E-state index in [1.54, 1.807) is 0 Å². The Morgan fingerprint density at radius 2 is 2.00 bits per heavy atom. The zero-order chi connectivity index (χ0) is 17.2. The van der Waals surface area contributed by atoms with Crippen LogP contribution in [0.5, 0.6) is 0 Å². The molecule has 1 amide bonds. The zero-order valence-corrected chi connectivity index (χ0v) is 15.5. The van der Waals surface area contributed by atoms with Crippen LogP contribution in [0.1, 0.15) is 79.8 Å². The van der Waals surface area contributed by atoms with Gasteiger partial charge >= 0.3 is 0 Å². The van der Waals surface area contributed by atoms with Gasteiger partial charge in [0.25, 0.3) is 0 Å². The SMILES string of the molecule is CC(C1CC1)C1CCC23CCCCC2C1Cc1ccc(C(N)=O)cc13. The quantitative estimate of drug-likeness (QED) is 0.842. The van der Waals surface area contributed by atoms with Gasteiger partial charge in [0.05, 0.1) is 0 Å². The van der Waals surface area contributed by atoms with Crippen LogP contribution in [0.25, 0.3) is 0 Å². The molecule has 134 valence electrons. The normalized spacial score (nSPS) is 37.7. The summed E-state index contributed by atoms with van der Waals surface area (Å²) in [6.07, 6.45) is 12.4. The van der Waals surface area contributed by atoms with Crippen molar-refractivity contribution >= 4 is 5.91 Å². The molecule has 2 N–H and O–H groups in total. The lowest BCUT2D eigenvalue weighted by molar-refractivity contribution is -0.0119. The van der Waals surface area contributed by atoms with E-state index in [0.717, 1.165) is 29.6 Å². The van der Waals surface area contributed by atoms with Crippen molar-refractivity contribution in [2.75, 3.05) is 0 Å². The van der Waals surface area contributed by atoms with E-state index in [1.165, 1.54) is 68.9 Å². The van der Waals surface area contributed by atoms with E-state index >= 15 is 0 Å². The molecule has 0 saturated heterocycles. The molecular weight excluding hydrogens is 306 g/mol. The number of primary amides is 1. The van der Waals surface area contributed by atoms with Gasteiger partial charge in [0, 0.05) is 5.56 Å². The standard InChI is InChI=1S/C23H31NO/c1-14(15-5-6-15)18-9-11-23-10-3-2-4-20(23)19(18)12-16-7-8-17(22(24)25)13-21(16)23/h7-8,13-15,18-20H,2-6,9-12H2,1H3,(H2,24,25). The number of rotatable bonds is 3. The Morgan fingerprint density at radius 1 is 1.16 bits per heavy atom. The fraction of sp³-hybridized carbons (Fsp3) is 0.696. The number of fused-ring (bicyclic) bond motifs is 1. The van der Waals surface area contributed by atoms with Crippen molar-refractivity contribution < 1.29 is 4.79 Å². The van der Waals surface area contributed by atoms with Crippen LogP contribution in [0.4, 0.5) is 0 Å². The minimum Gasteiger partial charge on any atom is -0.366 e. The molecule has 0 heterocycles. The van der Waals surface area contributed by atoms with Gasteiger partial charge < -0.3 is 5.73 Å². The van der Waals surface area contributed by atoms with Crippen LogP contribution in [0.15, 0.2) is 18.2 Å². The molecule has 5 rings (SSSR count). The number of nitrogens with two attached hydrogens (primary N) is 1. The molecule has 3 fully saturated rings. The Balaban J connectivity index is 1.59. The molecule has 2 bridgehead atoms. The summed E-state index contributed by atoms with van der Waals surface area (Å²) in [6, 6.07) is 6.38. The molecule has 1 aromatic carbocycles. The number of benzene rings is 1. The van der Waals surface area contributed by atoms with Crippen molar-refractivity contribution in [2.45, 2.75) is 70.1 Å². The Kier molecular flexibility index (Phi) is 3.56. The fourth-order valence-electron chi connectivity index (χ4n) is 7.15.